The normalized spacial score (nSPS) is 19.4. The maximum absolute atomic E-state index is 11.0. The molecule has 1 fully saturated rings. The molecule has 82 valence electrons. The lowest BCUT2D eigenvalue weighted by atomic mass is 10.2. The molecular weight excluding hydrogens is 206 g/mol. The highest BCUT2D eigenvalue weighted by molar-refractivity contribution is 5.79. The van der Waals surface area contributed by atoms with Crippen molar-refractivity contribution in [2.75, 3.05) is 11.4 Å². The predicted molar refractivity (Wildman–Crippen MR) is 57.0 cm³/mol. The highest BCUT2D eigenvalue weighted by Crippen LogP contribution is 2.26. The average Bonchev–Trinajstić information content (AvgIpc) is 2.77. The first-order valence-electron chi connectivity index (χ1n) is 5.08. The zero-order chi connectivity index (χ0) is 11.5. The van der Waals surface area contributed by atoms with Crippen molar-refractivity contribution in [2.24, 2.45) is 0 Å². The van der Waals surface area contributed by atoms with E-state index in [-0.39, 0.29) is 0 Å². The smallest absolute Gasteiger partial charge is 0.326 e. The Kier molecular flexibility index (Phi) is 2.73. The minimum absolute atomic E-state index is 0.427. The van der Waals surface area contributed by atoms with Gasteiger partial charge in [0.2, 0.25) is 0 Å². The van der Waals surface area contributed by atoms with Crippen LogP contribution in [0, 0.1) is 11.3 Å². The number of carboxylic acids is 1. The topological polar surface area (TPSA) is 77.2 Å². The number of nitriles is 1. The van der Waals surface area contributed by atoms with Crippen molar-refractivity contribution < 1.29 is 9.90 Å². The lowest BCUT2D eigenvalue weighted by Crippen LogP contribution is -2.36. The SMILES string of the molecule is N#Cc1cccnc1N1CCC[C@@H]1C(=O)O. The molecule has 0 aromatic carbocycles. The van der Waals surface area contributed by atoms with Crippen LogP contribution < -0.4 is 4.90 Å². The molecule has 5 heteroatoms. The lowest BCUT2D eigenvalue weighted by molar-refractivity contribution is -0.138. The van der Waals surface area contributed by atoms with Gasteiger partial charge in [0.1, 0.15) is 17.9 Å². The maximum Gasteiger partial charge on any atom is 0.326 e. The third-order valence-corrected chi connectivity index (χ3v) is 2.72. The van der Waals surface area contributed by atoms with Gasteiger partial charge in [0.15, 0.2) is 0 Å². The van der Waals surface area contributed by atoms with E-state index in [2.05, 4.69) is 4.98 Å². The molecule has 16 heavy (non-hydrogen) atoms. The third kappa shape index (κ3) is 1.70. The summed E-state index contributed by atoms with van der Waals surface area (Å²) in [4.78, 5) is 16.8. The monoisotopic (exact) mass is 217 g/mol. The molecule has 0 bridgehead atoms. The van der Waals surface area contributed by atoms with Crippen LogP contribution in [0.1, 0.15) is 18.4 Å². The number of pyridine rings is 1. The van der Waals surface area contributed by atoms with Crippen LogP contribution in [0.5, 0.6) is 0 Å². The molecule has 2 heterocycles. The first kappa shape index (κ1) is 10.4. The summed E-state index contributed by atoms with van der Waals surface area (Å²) in [5.41, 5.74) is 0.427. The van der Waals surface area contributed by atoms with E-state index < -0.39 is 12.0 Å². The third-order valence-electron chi connectivity index (χ3n) is 2.72. The quantitative estimate of drug-likeness (QED) is 0.799. The molecule has 0 aliphatic carbocycles. The van der Waals surface area contributed by atoms with Crippen LogP contribution in [0.15, 0.2) is 18.3 Å². The molecule has 1 N–H and O–H groups in total. The summed E-state index contributed by atoms with van der Waals surface area (Å²) in [6.45, 7) is 0.642. The number of aliphatic carboxylic acids is 1. The van der Waals surface area contributed by atoms with Gasteiger partial charge in [-0.2, -0.15) is 5.26 Å². The Hall–Kier alpha value is -2.09. The van der Waals surface area contributed by atoms with Crippen LogP contribution in [0.4, 0.5) is 5.82 Å². The Labute approximate surface area is 92.9 Å². The van der Waals surface area contributed by atoms with E-state index in [1.807, 2.05) is 6.07 Å². The van der Waals surface area contributed by atoms with E-state index in [1.165, 1.54) is 0 Å². The number of aromatic nitrogens is 1. The molecule has 0 spiro atoms. The molecule has 1 atom stereocenters. The average molecular weight is 217 g/mol. The van der Waals surface area contributed by atoms with E-state index in [4.69, 9.17) is 10.4 Å². The molecular formula is C11H11N3O2. The number of anilines is 1. The molecule has 1 aromatic heterocycles. The van der Waals surface area contributed by atoms with Crippen LogP contribution >= 0.6 is 0 Å². The Balaban J connectivity index is 2.37. The number of hydrogen-bond donors (Lipinski definition) is 1. The summed E-state index contributed by atoms with van der Waals surface area (Å²) in [5.74, 6) is -0.373. The van der Waals surface area contributed by atoms with Crippen LogP contribution in [0.2, 0.25) is 0 Å². The highest BCUT2D eigenvalue weighted by Gasteiger charge is 2.32. The van der Waals surface area contributed by atoms with Crippen molar-refractivity contribution >= 4 is 11.8 Å². The molecule has 2 rings (SSSR count). The lowest BCUT2D eigenvalue weighted by Gasteiger charge is -2.22. The van der Waals surface area contributed by atoms with Gasteiger partial charge in [0, 0.05) is 12.7 Å². The minimum atomic E-state index is -0.855. The van der Waals surface area contributed by atoms with E-state index in [0.717, 1.165) is 6.42 Å². The van der Waals surface area contributed by atoms with Crippen molar-refractivity contribution in [1.82, 2.24) is 4.98 Å². The standard InChI is InChI=1S/C11H11N3O2/c12-7-8-3-1-5-13-10(8)14-6-2-4-9(14)11(15)16/h1,3,5,9H,2,4,6H2,(H,15,16)/t9-/m1/s1. The molecule has 1 aliphatic heterocycles. The number of nitrogens with zero attached hydrogens (tertiary/aromatic N) is 3. The fraction of sp³-hybridized carbons (Fsp3) is 0.364. The predicted octanol–water partition coefficient (Wildman–Crippen LogP) is 1.01. The Morgan fingerprint density at radius 2 is 2.50 bits per heavy atom. The fourth-order valence-electron chi connectivity index (χ4n) is 1.99. The van der Waals surface area contributed by atoms with Crippen LogP contribution in [-0.4, -0.2) is 28.6 Å². The number of carboxylic acid groups (broad SMARTS) is 1. The fourth-order valence-corrected chi connectivity index (χ4v) is 1.99. The minimum Gasteiger partial charge on any atom is -0.480 e. The van der Waals surface area contributed by atoms with Gasteiger partial charge in [0.05, 0.1) is 5.56 Å². The summed E-state index contributed by atoms with van der Waals surface area (Å²) >= 11 is 0. The number of hydrogen-bond acceptors (Lipinski definition) is 4. The van der Waals surface area contributed by atoms with Crippen molar-refractivity contribution in [2.45, 2.75) is 18.9 Å². The van der Waals surface area contributed by atoms with Gasteiger partial charge in [-0.15, -0.1) is 0 Å². The van der Waals surface area contributed by atoms with E-state index >= 15 is 0 Å². The zero-order valence-electron chi connectivity index (χ0n) is 8.63. The first-order valence-corrected chi connectivity index (χ1v) is 5.08. The van der Waals surface area contributed by atoms with Crippen molar-refractivity contribution in [3.05, 3.63) is 23.9 Å². The van der Waals surface area contributed by atoms with Crippen molar-refractivity contribution in [1.29, 1.82) is 5.26 Å². The zero-order valence-corrected chi connectivity index (χ0v) is 8.63. The van der Waals surface area contributed by atoms with E-state index in [1.54, 1.807) is 23.2 Å². The van der Waals surface area contributed by atoms with Gasteiger partial charge >= 0.3 is 5.97 Å². The van der Waals surface area contributed by atoms with Gasteiger partial charge < -0.3 is 10.0 Å². The van der Waals surface area contributed by atoms with E-state index in [0.29, 0.717) is 24.3 Å². The second kappa shape index (κ2) is 4.19. The summed E-state index contributed by atoms with van der Waals surface area (Å²) in [7, 11) is 0. The molecule has 0 radical (unpaired) electrons. The Morgan fingerprint density at radius 3 is 3.19 bits per heavy atom. The number of carbonyl (C=O) groups is 1. The summed E-state index contributed by atoms with van der Waals surface area (Å²) in [6.07, 6.45) is 3.00. The summed E-state index contributed by atoms with van der Waals surface area (Å²) in [5, 5.41) is 18.0. The second-order valence-electron chi connectivity index (χ2n) is 3.68. The van der Waals surface area contributed by atoms with E-state index in [9.17, 15) is 4.79 Å². The highest BCUT2D eigenvalue weighted by atomic mass is 16.4. The van der Waals surface area contributed by atoms with Gasteiger partial charge in [-0.25, -0.2) is 9.78 Å². The maximum atomic E-state index is 11.0. The van der Waals surface area contributed by atoms with Crippen LogP contribution in [-0.2, 0) is 4.79 Å². The molecule has 1 saturated heterocycles. The van der Waals surface area contributed by atoms with Gasteiger partial charge in [0.25, 0.3) is 0 Å². The van der Waals surface area contributed by atoms with Crippen molar-refractivity contribution in [3.63, 3.8) is 0 Å². The van der Waals surface area contributed by atoms with Crippen LogP contribution in [0.25, 0.3) is 0 Å². The molecule has 0 saturated carbocycles. The second-order valence-corrected chi connectivity index (χ2v) is 3.68. The Bertz CT molecular complexity index is 453. The largest absolute Gasteiger partial charge is 0.480 e. The summed E-state index contributed by atoms with van der Waals surface area (Å²) < 4.78 is 0. The molecule has 0 amide bonds. The van der Waals surface area contributed by atoms with Crippen molar-refractivity contribution in [3.8, 4) is 6.07 Å². The number of rotatable bonds is 2. The van der Waals surface area contributed by atoms with Gasteiger partial charge in [-0.1, -0.05) is 0 Å². The summed E-state index contributed by atoms with van der Waals surface area (Å²) in [6, 6.07) is 4.81. The Morgan fingerprint density at radius 1 is 1.69 bits per heavy atom. The first-order chi connectivity index (χ1) is 7.74. The molecule has 5 nitrogen and oxygen atoms in total. The van der Waals surface area contributed by atoms with Gasteiger partial charge in [-0.05, 0) is 25.0 Å². The van der Waals surface area contributed by atoms with Crippen LogP contribution in [0.3, 0.4) is 0 Å². The molecule has 1 aliphatic rings. The molecule has 0 unspecified atom stereocenters. The molecule has 1 aromatic rings. The van der Waals surface area contributed by atoms with Gasteiger partial charge in [-0.3, -0.25) is 0 Å².